The number of carbonyl (C=O) groups excluding carboxylic acids is 2. The Hall–Kier alpha value is -3.65. The van der Waals surface area contributed by atoms with E-state index in [4.69, 9.17) is 0 Å². The van der Waals surface area contributed by atoms with Crippen molar-refractivity contribution in [2.45, 2.75) is 58.5 Å². The summed E-state index contributed by atoms with van der Waals surface area (Å²) >= 11 is 0. The van der Waals surface area contributed by atoms with E-state index in [1.54, 1.807) is 26.0 Å². The van der Waals surface area contributed by atoms with Crippen molar-refractivity contribution in [3.63, 3.8) is 0 Å². The molecule has 4 rings (SSSR count). The van der Waals surface area contributed by atoms with Crippen LogP contribution in [0, 0.1) is 34.6 Å². The highest BCUT2D eigenvalue weighted by molar-refractivity contribution is 7.93. The first kappa shape index (κ1) is 25.4. The van der Waals surface area contributed by atoms with Gasteiger partial charge in [-0.3, -0.25) is 13.9 Å². The lowest BCUT2D eigenvalue weighted by Crippen LogP contribution is -2.53. The van der Waals surface area contributed by atoms with Crippen LogP contribution in [0.2, 0.25) is 0 Å². The van der Waals surface area contributed by atoms with Gasteiger partial charge in [0.25, 0.3) is 10.0 Å². The number of hydrogen-bond acceptors (Lipinski definition) is 4. The topological polar surface area (TPSA) is 95.6 Å². The quantitative estimate of drug-likeness (QED) is 0.517. The molecule has 1 aliphatic rings. The number of fused-ring (bicyclic) bond motifs is 1. The van der Waals surface area contributed by atoms with Crippen LogP contribution in [-0.4, -0.2) is 26.3 Å². The second-order valence-corrected chi connectivity index (χ2v) is 11.2. The maximum atomic E-state index is 14.2. The largest absolute Gasteiger partial charge is 0.352 e. The van der Waals surface area contributed by atoms with E-state index in [1.807, 2.05) is 63.2 Å². The molecular formula is C28H31N3O4S. The summed E-state index contributed by atoms with van der Waals surface area (Å²) in [5, 5.41) is 5.64. The minimum Gasteiger partial charge on any atom is -0.352 e. The van der Waals surface area contributed by atoms with Crippen LogP contribution in [0.5, 0.6) is 0 Å². The Bertz CT molecular complexity index is 1430. The van der Waals surface area contributed by atoms with E-state index in [0.717, 1.165) is 26.6 Å². The van der Waals surface area contributed by atoms with Gasteiger partial charge in [-0.15, -0.1) is 0 Å². The van der Waals surface area contributed by atoms with Gasteiger partial charge in [-0.05, 0) is 74.6 Å². The van der Waals surface area contributed by atoms with Crippen LogP contribution >= 0.6 is 0 Å². The standard InChI is InChI=1S/C28H31N3O4S/c1-17-11-20(4)27(21(5)12-17)36(34,35)31-24-14-19(3)18(2)13-23(24)30-28(33)25(31)15-26(32)29-16-22-9-7-6-8-10-22/h6-14,25H,15-16H2,1-5H3,(H,29,32)(H,30,33). The summed E-state index contributed by atoms with van der Waals surface area (Å²) in [6.07, 6.45) is -0.311. The Balaban J connectivity index is 1.77. The number of anilines is 2. The summed E-state index contributed by atoms with van der Waals surface area (Å²) in [5.41, 5.74) is 5.62. The average Bonchev–Trinajstić information content (AvgIpc) is 2.79. The Labute approximate surface area is 212 Å². The lowest BCUT2D eigenvalue weighted by Gasteiger charge is -2.38. The van der Waals surface area contributed by atoms with Crippen molar-refractivity contribution >= 4 is 33.2 Å². The molecule has 7 nitrogen and oxygen atoms in total. The van der Waals surface area contributed by atoms with Crippen molar-refractivity contribution in [3.05, 3.63) is 88.0 Å². The van der Waals surface area contributed by atoms with Gasteiger partial charge in [0.2, 0.25) is 11.8 Å². The molecule has 0 radical (unpaired) electrons. The molecule has 0 fully saturated rings. The van der Waals surface area contributed by atoms with Gasteiger partial charge >= 0.3 is 0 Å². The fraction of sp³-hybridized carbons (Fsp3) is 0.286. The molecular weight excluding hydrogens is 474 g/mol. The Morgan fingerprint density at radius 3 is 2.17 bits per heavy atom. The third-order valence-electron chi connectivity index (χ3n) is 6.53. The van der Waals surface area contributed by atoms with Crippen molar-refractivity contribution in [2.24, 2.45) is 0 Å². The van der Waals surface area contributed by atoms with Crippen molar-refractivity contribution in [1.29, 1.82) is 0 Å². The molecule has 36 heavy (non-hydrogen) atoms. The number of rotatable bonds is 6. The van der Waals surface area contributed by atoms with Crippen LogP contribution in [0.3, 0.4) is 0 Å². The number of carbonyl (C=O) groups is 2. The Kier molecular flexibility index (Phi) is 6.91. The number of hydrogen-bond donors (Lipinski definition) is 2. The summed E-state index contributed by atoms with van der Waals surface area (Å²) in [5.74, 6) is -0.949. The number of nitrogens with one attached hydrogen (secondary N) is 2. The maximum Gasteiger partial charge on any atom is 0.265 e. The summed E-state index contributed by atoms with van der Waals surface area (Å²) in [7, 11) is -4.19. The number of nitrogens with zero attached hydrogens (tertiary/aromatic N) is 1. The van der Waals surface area contributed by atoms with Crippen LogP contribution in [0.15, 0.2) is 59.5 Å². The van der Waals surface area contributed by atoms with E-state index >= 15 is 0 Å². The summed E-state index contributed by atoms with van der Waals surface area (Å²) < 4.78 is 29.6. The lowest BCUT2D eigenvalue weighted by molar-refractivity contribution is -0.125. The monoisotopic (exact) mass is 505 g/mol. The number of amides is 2. The molecule has 1 unspecified atom stereocenters. The van der Waals surface area contributed by atoms with E-state index in [-0.39, 0.29) is 17.9 Å². The number of aryl methyl sites for hydroxylation is 5. The number of sulfonamides is 1. The Morgan fingerprint density at radius 1 is 0.917 bits per heavy atom. The molecule has 2 amide bonds. The fourth-order valence-electron chi connectivity index (χ4n) is 4.76. The zero-order chi connectivity index (χ0) is 26.2. The lowest BCUT2D eigenvalue weighted by atomic mass is 10.0. The van der Waals surface area contributed by atoms with Crippen LogP contribution in [0.25, 0.3) is 0 Å². The first-order valence-electron chi connectivity index (χ1n) is 11.8. The average molecular weight is 506 g/mol. The van der Waals surface area contributed by atoms with E-state index in [9.17, 15) is 18.0 Å². The molecule has 0 bridgehead atoms. The molecule has 1 atom stereocenters. The second kappa shape index (κ2) is 9.78. The van der Waals surface area contributed by atoms with E-state index < -0.39 is 27.9 Å². The van der Waals surface area contributed by atoms with Crippen molar-refractivity contribution in [3.8, 4) is 0 Å². The highest BCUT2D eigenvalue weighted by Crippen LogP contribution is 2.40. The predicted molar refractivity (Wildman–Crippen MR) is 142 cm³/mol. The third-order valence-corrected chi connectivity index (χ3v) is 8.65. The highest BCUT2D eigenvalue weighted by atomic mass is 32.2. The molecule has 3 aromatic rings. The minimum absolute atomic E-state index is 0.154. The van der Waals surface area contributed by atoms with Gasteiger partial charge in [0.05, 0.1) is 22.7 Å². The smallest absolute Gasteiger partial charge is 0.265 e. The van der Waals surface area contributed by atoms with E-state index in [2.05, 4.69) is 10.6 Å². The molecule has 1 aliphatic heterocycles. The molecule has 1 heterocycles. The van der Waals surface area contributed by atoms with Crippen molar-refractivity contribution in [1.82, 2.24) is 5.32 Å². The number of benzene rings is 3. The maximum absolute atomic E-state index is 14.2. The molecule has 0 saturated heterocycles. The molecule has 0 aliphatic carbocycles. The summed E-state index contributed by atoms with van der Waals surface area (Å²) in [6.45, 7) is 9.48. The fourth-order valence-corrected chi connectivity index (χ4v) is 6.81. The van der Waals surface area contributed by atoms with Gasteiger partial charge in [-0.1, -0.05) is 48.0 Å². The molecule has 0 saturated carbocycles. The van der Waals surface area contributed by atoms with Crippen molar-refractivity contribution in [2.75, 3.05) is 9.62 Å². The molecule has 8 heteroatoms. The van der Waals surface area contributed by atoms with Crippen LogP contribution in [-0.2, 0) is 26.2 Å². The first-order chi connectivity index (χ1) is 17.0. The van der Waals surface area contributed by atoms with Gasteiger partial charge in [0.1, 0.15) is 6.04 Å². The van der Waals surface area contributed by atoms with Crippen molar-refractivity contribution < 1.29 is 18.0 Å². The summed E-state index contributed by atoms with van der Waals surface area (Å²) in [6, 6.07) is 15.3. The van der Waals surface area contributed by atoms with Crippen LogP contribution in [0.1, 0.15) is 39.8 Å². The van der Waals surface area contributed by atoms with Gasteiger partial charge < -0.3 is 10.6 Å². The van der Waals surface area contributed by atoms with Crippen LogP contribution < -0.4 is 14.9 Å². The minimum atomic E-state index is -4.19. The van der Waals surface area contributed by atoms with Gasteiger partial charge in [0, 0.05) is 6.54 Å². The van der Waals surface area contributed by atoms with Crippen LogP contribution in [0.4, 0.5) is 11.4 Å². The highest BCUT2D eigenvalue weighted by Gasteiger charge is 2.43. The molecule has 2 N–H and O–H groups in total. The third kappa shape index (κ3) is 4.86. The molecule has 188 valence electrons. The second-order valence-electron chi connectivity index (χ2n) is 9.45. The molecule has 3 aromatic carbocycles. The van der Waals surface area contributed by atoms with Gasteiger partial charge in [-0.2, -0.15) is 0 Å². The zero-order valence-corrected chi connectivity index (χ0v) is 22.0. The summed E-state index contributed by atoms with van der Waals surface area (Å²) in [4.78, 5) is 26.4. The Morgan fingerprint density at radius 2 is 1.53 bits per heavy atom. The molecule has 0 spiro atoms. The van der Waals surface area contributed by atoms with Gasteiger partial charge in [0.15, 0.2) is 0 Å². The molecule has 0 aromatic heterocycles. The zero-order valence-electron chi connectivity index (χ0n) is 21.2. The SMILES string of the molecule is Cc1cc(C)c(S(=O)(=O)N2c3cc(C)c(C)cc3NC(=O)C2CC(=O)NCc2ccccc2)c(C)c1. The normalized spacial score (nSPS) is 15.3. The van der Waals surface area contributed by atoms with Gasteiger partial charge in [-0.25, -0.2) is 8.42 Å². The van der Waals surface area contributed by atoms with E-state index in [1.165, 1.54) is 0 Å². The predicted octanol–water partition coefficient (Wildman–Crippen LogP) is 4.45. The first-order valence-corrected chi connectivity index (χ1v) is 13.3. The van der Waals surface area contributed by atoms with E-state index in [0.29, 0.717) is 22.5 Å².